The van der Waals surface area contributed by atoms with E-state index in [0.29, 0.717) is 5.56 Å². The SMILES string of the molecule is CCCNc1cncc(C(=O)Nc2ccc(C(C)(C)C)cc2)c1. The third-order valence-corrected chi connectivity index (χ3v) is 3.59. The zero-order chi connectivity index (χ0) is 16.9. The van der Waals surface area contributed by atoms with Gasteiger partial charge in [0.1, 0.15) is 0 Å². The number of anilines is 2. The zero-order valence-corrected chi connectivity index (χ0v) is 14.3. The van der Waals surface area contributed by atoms with Crippen LogP contribution in [0.4, 0.5) is 11.4 Å². The van der Waals surface area contributed by atoms with Gasteiger partial charge in [0.15, 0.2) is 0 Å². The van der Waals surface area contributed by atoms with Crippen molar-refractivity contribution in [3.8, 4) is 0 Å². The molecule has 2 N–H and O–H groups in total. The predicted molar refractivity (Wildman–Crippen MR) is 96.1 cm³/mol. The predicted octanol–water partition coefficient (Wildman–Crippen LogP) is 4.45. The average molecular weight is 311 g/mol. The largest absolute Gasteiger partial charge is 0.384 e. The molecule has 4 heteroatoms. The highest BCUT2D eigenvalue weighted by Gasteiger charge is 2.13. The van der Waals surface area contributed by atoms with Crippen LogP contribution in [0.5, 0.6) is 0 Å². The molecule has 2 aromatic rings. The van der Waals surface area contributed by atoms with E-state index in [-0.39, 0.29) is 11.3 Å². The van der Waals surface area contributed by atoms with Crippen molar-refractivity contribution in [2.75, 3.05) is 17.2 Å². The fourth-order valence-corrected chi connectivity index (χ4v) is 2.19. The molecule has 0 atom stereocenters. The van der Waals surface area contributed by atoms with Gasteiger partial charge in [0, 0.05) is 24.6 Å². The molecule has 0 spiro atoms. The van der Waals surface area contributed by atoms with E-state index in [1.807, 2.05) is 30.3 Å². The molecule has 2 rings (SSSR count). The van der Waals surface area contributed by atoms with Crippen molar-refractivity contribution in [1.82, 2.24) is 4.98 Å². The molecule has 0 saturated heterocycles. The van der Waals surface area contributed by atoms with E-state index in [4.69, 9.17) is 0 Å². The van der Waals surface area contributed by atoms with E-state index in [1.165, 1.54) is 5.56 Å². The summed E-state index contributed by atoms with van der Waals surface area (Å²) < 4.78 is 0. The maximum Gasteiger partial charge on any atom is 0.257 e. The highest BCUT2D eigenvalue weighted by atomic mass is 16.1. The summed E-state index contributed by atoms with van der Waals surface area (Å²) >= 11 is 0. The molecule has 0 aliphatic carbocycles. The van der Waals surface area contributed by atoms with Crippen LogP contribution in [-0.4, -0.2) is 17.4 Å². The highest BCUT2D eigenvalue weighted by Crippen LogP contribution is 2.23. The summed E-state index contributed by atoms with van der Waals surface area (Å²) in [5.41, 5.74) is 3.54. The van der Waals surface area contributed by atoms with E-state index in [1.54, 1.807) is 12.4 Å². The molecule has 0 radical (unpaired) electrons. The number of hydrogen-bond donors (Lipinski definition) is 2. The minimum Gasteiger partial charge on any atom is -0.384 e. The van der Waals surface area contributed by atoms with Crippen LogP contribution >= 0.6 is 0 Å². The molecule has 0 aliphatic rings. The van der Waals surface area contributed by atoms with Crippen molar-refractivity contribution >= 4 is 17.3 Å². The summed E-state index contributed by atoms with van der Waals surface area (Å²) in [6, 6.07) is 9.79. The molecular formula is C19H25N3O. The fraction of sp³-hybridized carbons (Fsp3) is 0.368. The van der Waals surface area contributed by atoms with Crippen molar-refractivity contribution < 1.29 is 4.79 Å². The average Bonchev–Trinajstić information content (AvgIpc) is 2.53. The second-order valence-electron chi connectivity index (χ2n) is 6.67. The van der Waals surface area contributed by atoms with Crippen molar-refractivity contribution in [2.24, 2.45) is 0 Å². The molecule has 4 nitrogen and oxygen atoms in total. The smallest absolute Gasteiger partial charge is 0.257 e. The molecule has 0 fully saturated rings. The Morgan fingerprint density at radius 3 is 2.39 bits per heavy atom. The van der Waals surface area contributed by atoms with E-state index < -0.39 is 0 Å². The second kappa shape index (κ2) is 7.27. The Bertz CT molecular complexity index is 657. The van der Waals surface area contributed by atoms with Crippen LogP contribution in [0.2, 0.25) is 0 Å². The first-order chi connectivity index (χ1) is 10.9. The summed E-state index contributed by atoms with van der Waals surface area (Å²) in [6.45, 7) is 9.46. The lowest BCUT2D eigenvalue weighted by Gasteiger charge is -2.19. The maximum absolute atomic E-state index is 12.3. The molecular weight excluding hydrogens is 286 g/mol. The highest BCUT2D eigenvalue weighted by molar-refractivity contribution is 6.04. The maximum atomic E-state index is 12.3. The summed E-state index contributed by atoms with van der Waals surface area (Å²) in [4.78, 5) is 16.5. The zero-order valence-electron chi connectivity index (χ0n) is 14.3. The molecule has 1 amide bonds. The van der Waals surface area contributed by atoms with Crippen molar-refractivity contribution in [3.05, 3.63) is 53.9 Å². The van der Waals surface area contributed by atoms with Gasteiger partial charge in [0.25, 0.3) is 5.91 Å². The number of hydrogen-bond acceptors (Lipinski definition) is 3. The van der Waals surface area contributed by atoms with Crippen LogP contribution in [0.15, 0.2) is 42.7 Å². The van der Waals surface area contributed by atoms with Crippen LogP contribution in [0, 0.1) is 0 Å². The lowest BCUT2D eigenvalue weighted by molar-refractivity contribution is 0.102. The van der Waals surface area contributed by atoms with Crippen LogP contribution in [0.3, 0.4) is 0 Å². The van der Waals surface area contributed by atoms with E-state index in [0.717, 1.165) is 24.3 Å². The summed E-state index contributed by atoms with van der Waals surface area (Å²) in [7, 11) is 0. The Hall–Kier alpha value is -2.36. The summed E-state index contributed by atoms with van der Waals surface area (Å²) in [5, 5.41) is 6.15. The van der Waals surface area contributed by atoms with Crippen LogP contribution in [-0.2, 0) is 5.41 Å². The summed E-state index contributed by atoms with van der Waals surface area (Å²) in [5.74, 6) is -0.152. The summed E-state index contributed by atoms with van der Waals surface area (Å²) in [6.07, 6.45) is 4.33. The normalized spacial score (nSPS) is 11.1. The topological polar surface area (TPSA) is 54.0 Å². The first-order valence-electron chi connectivity index (χ1n) is 8.01. The number of nitrogens with one attached hydrogen (secondary N) is 2. The van der Waals surface area contributed by atoms with Gasteiger partial charge < -0.3 is 10.6 Å². The van der Waals surface area contributed by atoms with Gasteiger partial charge in [-0.1, -0.05) is 39.8 Å². The van der Waals surface area contributed by atoms with E-state index >= 15 is 0 Å². The number of carbonyl (C=O) groups is 1. The number of pyridine rings is 1. The molecule has 122 valence electrons. The first kappa shape index (κ1) is 17.0. The van der Waals surface area contributed by atoms with Gasteiger partial charge in [-0.25, -0.2) is 0 Å². The molecule has 23 heavy (non-hydrogen) atoms. The van der Waals surface area contributed by atoms with Crippen molar-refractivity contribution in [2.45, 2.75) is 39.5 Å². The Morgan fingerprint density at radius 1 is 1.09 bits per heavy atom. The quantitative estimate of drug-likeness (QED) is 0.857. The first-order valence-corrected chi connectivity index (χ1v) is 8.01. The minimum atomic E-state index is -0.152. The van der Waals surface area contributed by atoms with Crippen LogP contribution in [0.25, 0.3) is 0 Å². The third kappa shape index (κ3) is 4.81. The van der Waals surface area contributed by atoms with Gasteiger partial charge in [-0.3, -0.25) is 9.78 Å². The van der Waals surface area contributed by atoms with Crippen molar-refractivity contribution in [1.29, 1.82) is 0 Å². The monoisotopic (exact) mass is 311 g/mol. The van der Waals surface area contributed by atoms with Gasteiger partial charge in [-0.15, -0.1) is 0 Å². The molecule has 1 aromatic heterocycles. The van der Waals surface area contributed by atoms with Gasteiger partial charge in [0.2, 0.25) is 0 Å². The number of aromatic nitrogens is 1. The number of amides is 1. The number of carbonyl (C=O) groups excluding carboxylic acids is 1. The molecule has 1 aromatic carbocycles. The van der Waals surface area contributed by atoms with Gasteiger partial charge >= 0.3 is 0 Å². The van der Waals surface area contributed by atoms with Gasteiger partial charge in [0.05, 0.1) is 11.3 Å². The van der Waals surface area contributed by atoms with Crippen LogP contribution in [0.1, 0.15) is 50.0 Å². The van der Waals surface area contributed by atoms with E-state index in [9.17, 15) is 4.79 Å². The fourth-order valence-electron chi connectivity index (χ4n) is 2.19. The van der Waals surface area contributed by atoms with Gasteiger partial charge in [-0.2, -0.15) is 0 Å². The Labute approximate surface area is 138 Å². The number of benzene rings is 1. The molecule has 0 aliphatic heterocycles. The third-order valence-electron chi connectivity index (χ3n) is 3.59. The number of nitrogens with zero attached hydrogens (tertiary/aromatic N) is 1. The molecule has 0 unspecified atom stereocenters. The lowest BCUT2D eigenvalue weighted by Crippen LogP contribution is -2.14. The van der Waals surface area contributed by atoms with Gasteiger partial charge in [-0.05, 0) is 35.6 Å². The van der Waals surface area contributed by atoms with Crippen LogP contribution < -0.4 is 10.6 Å². The Morgan fingerprint density at radius 2 is 1.78 bits per heavy atom. The lowest BCUT2D eigenvalue weighted by atomic mass is 9.87. The standard InChI is InChI=1S/C19H25N3O/c1-5-10-21-17-11-14(12-20-13-17)18(23)22-16-8-6-15(7-9-16)19(2,3)4/h6-9,11-13,21H,5,10H2,1-4H3,(H,22,23). The minimum absolute atomic E-state index is 0.103. The number of rotatable bonds is 5. The Balaban J connectivity index is 2.07. The van der Waals surface area contributed by atoms with Crippen molar-refractivity contribution in [3.63, 3.8) is 0 Å². The second-order valence-corrected chi connectivity index (χ2v) is 6.67. The van der Waals surface area contributed by atoms with E-state index in [2.05, 4.69) is 43.3 Å². The molecule has 0 bridgehead atoms. The molecule has 0 saturated carbocycles. The molecule has 1 heterocycles. The Kier molecular flexibility index (Phi) is 5.37.